The summed E-state index contributed by atoms with van der Waals surface area (Å²) in [5, 5.41) is 12.5. The van der Waals surface area contributed by atoms with E-state index in [1.165, 1.54) is 11.8 Å². The zero-order chi connectivity index (χ0) is 31.9. The first-order valence-corrected chi connectivity index (χ1v) is 16.2. The molecule has 46 heavy (non-hydrogen) atoms. The highest BCUT2D eigenvalue weighted by Crippen LogP contribution is 2.37. The molecule has 0 bridgehead atoms. The van der Waals surface area contributed by atoms with E-state index in [0.717, 1.165) is 73.3 Å². The van der Waals surface area contributed by atoms with Crippen molar-refractivity contribution in [3.8, 4) is 11.1 Å². The quantitative estimate of drug-likeness (QED) is 0.184. The minimum atomic E-state index is -0.959. The van der Waals surface area contributed by atoms with Crippen LogP contribution >= 0.6 is 0 Å². The van der Waals surface area contributed by atoms with Crippen LogP contribution in [-0.4, -0.2) is 52.4 Å². The number of nitrogens with one attached hydrogen (secondary N) is 1. The molecule has 1 aliphatic carbocycles. The second-order valence-electron chi connectivity index (χ2n) is 12.4. The van der Waals surface area contributed by atoms with E-state index in [4.69, 9.17) is 0 Å². The fourth-order valence-electron chi connectivity index (χ4n) is 6.22. The Morgan fingerprint density at radius 1 is 0.848 bits per heavy atom. The van der Waals surface area contributed by atoms with Crippen LogP contribution in [0.3, 0.4) is 0 Å². The largest absolute Gasteiger partial charge is 0.481 e. The van der Waals surface area contributed by atoms with Crippen molar-refractivity contribution in [2.75, 3.05) is 29.9 Å². The summed E-state index contributed by atoms with van der Waals surface area (Å²) >= 11 is 0. The first-order chi connectivity index (χ1) is 22.4. The number of benzene rings is 3. The number of nitrogens with zero attached hydrogens (tertiary/aromatic N) is 3. The number of piperidine rings is 1. The van der Waals surface area contributed by atoms with Gasteiger partial charge in [-0.3, -0.25) is 19.4 Å². The first-order valence-electron chi connectivity index (χ1n) is 16.2. The standard InChI is InChI=1S/C38H40N4O4/c43-36(44)17-21-42(38(46)33-10-5-18-39-25-33)26-29-8-4-9-31(23-29)32-13-14-35(34(24-32)40-37(45)30-11-12-30)41-19-15-28(16-20-41)22-27-6-2-1-3-7-27/h1-10,13-14,18,23-25,28,30H,11-12,15-17,19-22,26H2,(H,40,45)(H,43,44). The number of aliphatic carboxylic acids is 1. The Hall–Kier alpha value is -4.98. The van der Waals surface area contributed by atoms with Gasteiger partial charge in [0, 0.05) is 44.5 Å². The molecule has 2 amide bonds. The summed E-state index contributed by atoms with van der Waals surface area (Å²) in [6.07, 6.45) is 8.11. The smallest absolute Gasteiger partial charge is 0.305 e. The van der Waals surface area contributed by atoms with Crippen LogP contribution in [0.4, 0.5) is 11.4 Å². The van der Waals surface area contributed by atoms with Crippen LogP contribution in [0.2, 0.25) is 0 Å². The lowest BCUT2D eigenvalue weighted by Crippen LogP contribution is -2.35. The van der Waals surface area contributed by atoms with Gasteiger partial charge in [-0.15, -0.1) is 0 Å². The summed E-state index contributed by atoms with van der Waals surface area (Å²) in [6, 6.07) is 28.3. The summed E-state index contributed by atoms with van der Waals surface area (Å²) < 4.78 is 0. The maximum atomic E-state index is 13.3. The highest BCUT2D eigenvalue weighted by molar-refractivity contribution is 5.98. The average Bonchev–Trinajstić information content (AvgIpc) is 3.94. The van der Waals surface area contributed by atoms with Crippen molar-refractivity contribution in [3.05, 3.63) is 114 Å². The van der Waals surface area contributed by atoms with Gasteiger partial charge in [0.1, 0.15) is 0 Å². The van der Waals surface area contributed by atoms with Gasteiger partial charge >= 0.3 is 5.97 Å². The maximum absolute atomic E-state index is 13.3. The monoisotopic (exact) mass is 616 g/mol. The summed E-state index contributed by atoms with van der Waals surface area (Å²) in [5.74, 6) is -0.411. The molecule has 2 aliphatic rings. The number of carbonyl (C=O) groups is 3. The van der Waals surface area contributed by atoms with E-state index in [2.05, 4.69) is 63.7 Å². The fourth-order valence-corrected chi connectivity index (χ4v) is 6.22. The second kappa shape index (κ2) is 14.4. The number of anilines is 2. The molecule has 236 valence electrons. The van der Waals surface area contributed by atoms with Gasteiger partial charge in [-0.1, -0.05) is 54.6 Å². The molecule has 0 atom stereocenters. The van der Waals surface area contributed by atoms with Gasteiger partial charge < -0.3 is 20.2 Å². The fraction of sp³-hybridized carbons (Fsp3) is 0.316. The van der Waals surface area contributed by atoms with E-state index in [1.54, 1.807) is 23.2 Å². The molecular weight excluding hydrogens is 576 g/mol. The number of rotatable bonds is 12. The third kappa shape index (κ3) is 7.99. The molecule has 1 saturated carbocycles. The molecule has 0 spiro atoms. The van der Waals surface area contributed by atoms with Gasteiger partial charge in [-0.25, -0.2) is 0 Å². The van der Waals surface area contributed by atoms with Crippen molar-refractivity contribution in [1.29, 1.82) is 0 Å². The van der Waals surface area contributed by atoms with Crippen LogP contribution in [0.15, 0.2) is 97.3 Å². The number of hydrogen-bond donors (Lipinski definition) is 2. The Labute approximate surface area is 270 Å². The van der Waals surface area contributed by atoms with E-state index in [0.29, 0.717) is 11.5 Å². The van der Waals surface area contributed by atoms with Gasteiger partial charge in [0.15, 0.2) is 0 Å². The topological polar surface area (TPSA) is 103 Å². The number of pyridine rings is 1. The Morgan fingerprint density at radius 3 is 2.33 bits per heavy atom. The number of aromatic nitrogens is 1. The van der Waals surface area contributed by atoms with Crippen LogP contribution in [0.25, 0.3) is 11.1 Å². The van der Waals surface area contributed by atoms with E-state index < -0.39 is 5.97 Å². The second-order valence-corrected chi connectivity index (χ2v) is 12.4. The molecule has 1 aromatic heterocycles. The number of carbonyl (C=O) groups excluding carboxylic acids is 2. The van der Waals surface area contributed by atoms with E-state index in [-0.39, 0.29) is 37.2 Å². The van der Waals surface area contributed by atoms with Gasteiger partial charge in [-0.05, 0) is 90.6 Å². The van der Waals surface area contributed by atoms with Crippen LogP contribution in [0, 0.1) is 11.8 Å². The lowest BCUT2D eigenvalue weighted by Gasteiger charge is -2.35. The van der Waals surface area contributed by atoms with Gasteiger partial charge in [0.2, 0.25) is 5.91 Å². The number of carboxylic acids is 1. The Kier molecular flexibility index (Phi) is 9.72. The summed E-state index contributed by atoms with van der Waals surface area (Å²) in [6.45, 7) is 2.23. The zero-order valence-electron chi connectivity index (χ0n) is 26.0. The van der Waals surface area contributed by atoms with Gasteiger partial charge in [0.25, 0.3) is 5.91 Å². The van der Waals surface area contributed by atoms with Crippen LogP contribution in [0.5, 0.6) is 0 Å². The van der Waals surface area contributed by atoms with Crippen molar-refractivity contribution in [3.63, 3.8) is 0 Å². The molecule has 2 N–H and O–H groups in total. The predicted octanol–water partition coefficient (Wildman–Crippen LogP) is 6.67. The van der Waals surface area contributed by atoms with Crippen LogP contribution in [0.1, 0.15) is 53.6 Å². The molecule has 3 aromatic carbocycles. The van der Waals surface area contributed by atoms with Crippen LogP contribution < -0.4 is 10.2 Å². The molecule has 8 heteroatoms. The zero-order valence-corrected chi connectivity index (χ0v) is 26.0. The SMILES string of the molecule is O=C(O)CCN(Cc1cccc(-c2ccc(N3CCC(Cc4ccccc4)CC3)c(NC(=O)C3CC3)c2)c1)C(=O)c1cccnc1. The Balaban J connectivity index is 1.21. The molecule has 6 rings (SSSR count). The van der Waals surface area contributed by atoms with Gasteiger partial charge in [-0.2, -0.15) is 0 Å². The summed E-state index contributed by atoms with van der Waals surface area (Å²) in [7, 11) is 0. The number of carboxylic acid groups (broad SMARTS) is 1. The summed E-state index contributed by atoms with van der Waals surface area (Å²) in [5.41, 5.74) is 6.49. The van der Waals surface area contributed by atoms with Gasteiger partial charge in [0.05, 0.1) is 23.4 Å². The molecule has 4 aromatic rings. The van der Waals surface area contributed by atoms with E-state index >= 15 is 0 Å². The molecule has 0 radical (unpaired) electrons. The number of amides is 2. The normalized spacial score (nSPS) is 14.9. The third-order valence-electron chi connectivity index (χ3n) is 8.95. The van der Waals surface area contributed by atoms with Crippen molar-refractivity contribution < 1.29 is 19.5 Å². The lowest BCUT2D eigenvalue weighted by molar-refractivity contribution is -0.137. The number of hydrogen-bond acceptors (Lipinski definition) is 5. The van der Waals surface area contributed by atoms with Crippen molar-refractivity contribution in [2.24, 2.45) is 11.8 Å². The predicted molar refractivity (Wildman–Crippen MR) is 180 cm³/mol. The minimum Gasteiger partial charge on any atom is -0.481 e. The highest BCUT2D eigenvalue weighted by Gasteiger charge is 2.31. The molecule has 1 aliphatic heterocycles. The van der Waals surface area contributed by atoms with Crippen molar-refractivity contribution in [1.82, 2.24) is 9.88 Å². The third-order valence-corrected chi connectivity index (χ3v) is 8.95. The first kappa shape index (κ1) is 31.0. The van der Waals surface area contributed by atoms with E-state index in [9.17, 15) is 19.5 Å². The Morgan fingerprint density at radius 2 is 1.61 bits per heavy atom. The molecule has 2 fully saturated rings. The molecule has 1 saturated heterocycles. The highest BCUT2D eigenvalue weighted by atomic mass is 16.4. The molecular formula is C38H40N4O4. The maximum Gasteiger partial charge on any atom is 0.305 e. The molecule has 2 heterocycles. The van der Waals surface area contributed by atoms with E-state index in [1.807, 2.05) is 24.3 Å². The van der Waals surface area contributed by atoms with Crippen LogP contribution in [-0.2, 0) is 22.6 Å². The Bertz CT molecular complexity index is 1660. The summed E-state index contributed by atoms with van der Waals surface area (Å²) in [4.78, 5) is 45.6. The lowest BCUT2D eigenvalue weighted by atomic mass is 9.90. The molecule has 8 nitrogen and oxygen atoms in total. The van der Waals surface area contributed by atoms with Crippen molar-refractivity contribution in [2.45, 2.75) is 45.1 Å². The van der Waals surface area contributed by atoms with Crippen molar-refractivity contribution >= 4 is 29.2 Å². The average molecular weight is 617 g/mol. The minimum absolute atomic E-state index is 0.0779. The molecule has 0 unspecified atom stereocenters.